The molecule has 1 aromatic heterocycles. The summed E-state index contributed by atoms with van der Waals surface area (Å²) >= 11 is 5.49. The summed E-state index contributed by atoms with van der Waals surface area (Å²) in [4.78, 5) is 0. The monoisotopic (exact) mass is 592 g/mol. The molecule has 0 spiro atoms. The molecule has 0 aliphatic heterocycles. The first-order chi connectivity index (χ1) is 19.7. The Bertz CT molecular complexity index is 2050. The van der Waals surface area contributed by atoms with Gasteiger partial charge in [0.15, 0.2) is 0 Å². The molecule has 6 aromatic carbocycles. The maximum absolute atomic E-state index is 3.63. The average molecular weight is 594 g/mol. The highest BCUT2D eigenvalue weighted by Gasteiger charge is 2.26. The van der Waals surface area contributed by atoms with Gasteiger partial charge in [-0.25, -0.2) is 0 Å². The second-order valence-corrected chi connectivity index (χ2v) is 12.7. The minimum atomic E-state index is 0.323. The van der Waals surface area contributed by atoms with Crippen LogP contribution in [0.5, 0.6) is 0 Å². The lowest BCUT2D eigenvalue weighted by Gasteiger charge is -2.29. The Morgan fingerprint density at radius 2 is 1.30 bits per heavy atom. The summed E-state index contributed by atoms with van der Waals surface area (Å²) in [7, 11) is 0. The zero-order valence-electron chi connectivity index (χ0n) is 21.8. The van der Waals surface area contributed by atoms with E-state index < -0.39 is 0 Å². The summed E-state index contributed by atoms with van der Waals surface area (Å²) in [6.45, 7) is 0. The molecule has 0 bridgehead atoms. The van der Waals surface area contributed by atoms with Crippen LogP contribution in [0.25, 0.3) is 53.6 Å². The third-order valence-corrected chi connectivity index (χ3v) is 9.95. The Labute approximate surface area is 246 Å². The molecule has 0 radical (unpaired) electrons. The number of thiophene rings is 1. The molecule has 1 unspecified atom stereocenters. The van der Waals surface area contributed by atoms with Crippen molar-refractivity contribution in [1.82, 2.24) is 0 Å². The highest BCUT2D eigenvalue weighted by Crippen LogP contribution is 2.45. The van der Waals surface area contributed by atoms with Gasteiger partial charge >= 0.3 is 0 Å². The number of benzene rings is 6. The predicted molar refractivity (Wildman–Crippen MR) is 175 cm³/mol. The van der Waals surface area contributed by atoms with E-state index in [1.54, 1.807) is 0 Å². The lowest BCUT2D eigenvalue weighted by Crippen LogP contribution is -2.13. The van der Waals surface area contributed by atoms with Gasteiger partial charge in [0.25, 0.3) is 0 Å². The fourth-order valence-corrected chi connectivity index (χ4v) is 8.00. The molecule has 0 amide bonds. The Morgan fingerprint density at radius 3 is 2.23 bits per heavy atom. The molecule has 7 aromatic rings. The van der Waals surface area contributed by atoms with E-state index in [9.17, 15) is 0 Å². The van der Waals surface area contributed by atoms with Crippen molar-refractivity contribution in [3.63, 3.8) is 0 Å². The maximum Gasteiger partial charge on any atom is 0.0366 e. The normalized spacial score (nSPS) is 14.3. The van der Waals surface area contributed by atoms with Gasteiger partial charge in [-0.2, -0.15) is 0 Å². The molecule has 1 aliphatic carbocycles. The number of halogens is 1. The first kappa shape index (κ1) is 23.9. The minimum absolute atomic E-state index is 0.323. The zero-order valence-corrected chi connectivity index (χ0v) is 24.2. The van der Waals surface area contributed by atoms with Gasteiger partial charge in [-0.15, -0.1) is 11.3 Å². The van der Waals surface area contributed by atoms with Crippen molar-refractivity contribution in [2.45, 2.75) is 12.3 Å². The van der Waals surface area contributed by atoms with E-state index in [0.29, 0.717) is 5.92 Å². The van der Waals surface area contributed by atoms with E-state index in [4.69, 9.17) is 0 Å². The van der Waals surface area contributed by atoms with Crippen molar-refractivity contribution in [3.05, 3.63) is 155 Å². The van der Waals surface area contributed by atoms with Crippen LogP contribution in [-0.2, 0) is 6.42 Å². The Hall–Kier alpha value is -3.98. The summed E-state index contributed by atoms with van der Waals surface area (Å²) in [5.74, 6) is 0.323. The third-order valence-electron chi connectivity index (χ3n) is 8.32. The first-order valence-electron chi connectivity index (χ1n) is 13.7. The van der Waals surface area contributed by atoms with E-state index in [0.717, 1.165) is 10.9 Å². The SMILES string of the molecule is Brc1ccc2c(c1)sc1ccc(-c3ccc4c(c3)-c3ccccc3CC4c3cccc(-c4ccccc4)c3)cc12. The van der Waals surface area contributed by atoms with E-state index in [1.807, 2.05) is 11.3 Å². The first-order valence-corrected chi connectivity index (χ1v) is 15.3. The number of hydrogen-bond acceptors (Lipinski definition) is 1. The van der Waals surface area contributed by atoms with Crippen molar-refractivity contribution >= 4 is 47.4 Å². The predicted octanol–water partition coefficient (Wildman–Crippen LogP) is 11.5. The molecule has 0 saturated heterocycles. The Morgan fingerprint density at radius 1 is 0.525 bits per heavy atom. The number of rotatable bonds is 3. The second-order valence-electron chi connectivity index (χ2n) is 10.7. The maximum atomic E-state index is 3.63. The lowest BCUT2D eigenvalue weighted by atomic mass is 9.74. The molecule has 1 aliphatic rings. The molecule has 0 saturated carbocycles. The molecule has 0 nitrogen and oxygen atoms in total. The minimum Gasteiger partial charge on any atom is -0.135 e. The van der Waals surface area contributed by atoms with Crippen LogP contribution in [0, 0.1) is 0 Å². The fraction of sp³-hybridized carbons (Fsp3) is 0.0526. The molecule has 0 N–H and O–H groups in total. The molecular weight excluding hydrogens is 568 g/mol. The standard InChI is InChI=1S/C38H25BrS/c39-30-15-17-33-36-21-27(14-18-37(36)40-38(33)23-30)26-13-16-32-34(22-29-9-4-5-12-31(29)35(32)20-26)28-11-6-10-25(19-28)24-7-2-1-3-8-24/h1-21,23,34H,22H2. The van der Waals surface area contributed by atoms with Gasteiger partial charge in [0.1, 0.15) is 0 Å². The summed E-state index contributed by atoms with van der Waals surface area (Å²) < 4.78 is 3.78. The topological polar surface area (TPSA) is 0 Å². The summed E-state index contributed by atoms with van der Waals surface area (Å²) in [6.07, 6.45) is 1.02. The molecule has 1 heterocycles. The zero-order chi connectivity index (χ0) is 26.6. The van der Waals surface area contributed by atoms with Crippen molar-refractivity contribution in [2.75, 3.05) is 0 Å². The fourth-order valence-electron chi connectivity index (χ4n) is 6.36. The molecule has 1 atom stereocenters. The van der Waals surface area contributed by atoms with Gasteiger partial charge in [-0.3, -0.25) is 0 Å². The summed E-state index contributed by atoms with van der Waals surface area (Å²) in [5.41, 5.74) is 12.0. The average Bonchev–Trinajstić information content (AvgIpc) is 3.37. The largest absolute Gasteiger partial charge is 0.135 e. The second kappa shape index (κ2) is 9.59. The molecule has 8 rings (SSSR count). The van der Waals surface area contributed by atoms with Crippen LogP contribution in [0.15, 0.2) is 138 Å². The van der Waals surface area contributed by atoms with Crippen LogP contribution in [0.3, 0.4) is 0 Å². The van der Waals surface area contributed by atoms with Gasteiger partial charge in [0.2, 0.25) is 0 Å². The van der Waals surface area contributed by atoms with Crippen LogP contribution < -0.4 is 0 Å². The van der Waals surface area contributed by atoms with Gasteiger partial charge in [0.05, 0.1) is 0 Å². The van der Waals surface area contributed by atoms with E-state index >= 15 is 0 Å². The highest BCUT2D eigenvalue weighted by atomic mass is 79.9. The Kier molecular flexibility index (Phi) is 5.72. The highest BCUT2D eigenvalue weighted by molar-refractivity contribution is 9.10. The summed E-state index contributed by atoms with van der Waals surface area (Å²) in [6, 6.07) is 49.5. The lowest BCUT2D eigenvalue weighted by molar-refractivity contribution is 0.794. The van der Waals surface area contributed by atoms with Crippen molar-refractivity contribution in [1.29, 1.82) is 0 Å². The van der Waals surface area contributed by atoms with Gasteiger partial charge in [-0.05, 0) is 86.8 Å². The molecule has 0 fully saturated rings. The third kappa shape index (κ3) is 4.02. The van der Waals surface area contributed by atoms with E-state index in [2.05, 4.69) is 149 Å². The molecular formula is C38H25BrS. The van der Waals surface area contributed by atoms with Crippen molar-refractivity contribution in [2.24, 2.45) is 0 Å². The van der Waals surface area contributed by atoms with Crippen LogP contribution in [0.1, 0.15) is 22.6 Å². The smallest absolute Gasteiger partial charge is 0.0366 e. The van der Waals surface area contributed by atoms with Crippen molar-refractivity contribution < 1.29 is 0 Å². The van der Waals surface area contributed by atoms with Gasteiger partial charge in [0, 0.05) is 30.6 Å². The Balaban J connectivity index is 1.26. The van der Waals surface area contributed by atoms with Crippen LogP contribution in [-0.4, -0.2) is 0 Å². The van der Waals surface area contributed by atoms with Gasteiger partial charge in [-0.1, -0.05) is 119 Å². The quantitative estimate of drug-likeness (QED) is 0.191. The van der Waals surface area contributed by atoms with Gasteiger partial charge < -0.3 is 0 Å². The molecule has 40 heavy (non-hydrogen) atoms. The molecule has 190 valence electrons. The van der Waals surface area contributed by atoms with Crippen LogP contribution in [0.2, 0.25) is 0 Å². The van der Waals surface area contributed by atoms with E-state index in [1.165, 1.54) is 70.2 Å². The number of hydrogen-bond donors (Lipinski definition) is 0. The number of fused-ring (bicyclic) bond motifs is 6. The van der Waals surface area contributed by atoms with Crippen molar-refractivity contribution in [3.8, 4) is 33.4 Å². The molecule has 2 heteroatoms. The van der Waals surface area contributed by atoms with Crippen LogP contribution in [0.4, 0.5) is 0 Å². The van der Waals surface area contributed by atoms with Crippen LogP contribution >= 0.6 is 27.3 Å². The van der Waals surface area contributed by atoms with E-state index in [-0.39, 0.29) is 0 Å². The summed E-state index contributed by atoms with van der Waals surface area (Å²) in [5, 5.41) is 2.66.